The Bertz CT molecular complexity index is 999. The van der Waals surface area contributed by atoms with Crippen LogP contribution in [-0.2, 0) is 16.6 Å². The lowest BCUT2D eigenvalue weighted by Gasteiger charge is -2.35. The first-order valence-electron chi connectivity index (χ1n) is 9.18. The van der Waals surface area contributed by atoms with Crippen molar-refractivity contribution in [2.45, 2.75) is 30.3 Å². The number of nitrogens with zero attached hydrogens (tertiary/aromatic N) is 4. The lowest BCUT2D eigenvalue weighted by atomic mass is 10.1. The van der Waals surface area contributed by atoms with Gasteiger partial charge in [-0.2, -0.15) is 4.31 Å². The molecule has 1 fully saturated rings. The van der Waals surface area contributed by atoms with E-state index >= 15 is 0 Å². The van der Waals surface area contributed by atoms with Gasteiger partial charge in [0.1, 0.15) is 4.90 Å². The number of pyridine rings is 1. The van der Waals surface area contributed by atoms with E-state index in [1.165, 1.54) is 0 Å². The molecule has 2 aromatic heterocycles. The van der Waals surface area contributed by atoms with Crippen LogP contribution in [0, 0.1) is 0 Å². The van der Waals surface area contributed by atoms with Crippen molar-refractivity contribution < 1.29 is 8.42 Å². The highest BCUT2D eigenvalue weighted by atomic mass is 32.2. The Kier molecular flexibility index (Phi) is 5.20. The van der Waals surface area contributed by atoms with Gasteiger partial charge in [0.05, 0.1) is 11.8 Å². The van der Waals surface area contributed by atoms with Crippen LogP contribution in [0.2, 0.25) is 0 Å². The Hall–Kier alpha value is -2.29. The summed E-state index contributed by atoms with van der Waals surface area (Å²) in [7, 11) is -3.61. The average molecular weight is 385 g/mol. The zero-order valence-electron chi connectivity index (χ0n) is 15.0. The second-order valence-corrected chi connectivity index (χ2v) is 8.61. The van der Waals surface area contributed by atoms with Gasteiger partial charge in [-0.3, -0.25) is 4.98 Å². The summed E-state index contributed by atoms with van der Waals surface area (Å²) in [6.45, 7) is 2.64. The molecule has 3 aromatic rings. The predicted octanol–water partition coefficient (Wildman–Crippen LogP) is 1.87. The van der Waals surface area contributed by atoms with Gasteiger partial charge in [0.25, 0.3) is 0 Å². The normalized spacial score (nSPS) is 18.7. The minimum atomic E-state index is -3.61. The molecule has 8 heteroatoms. The molecule has 1 N–H and O–H groups in total. The smallest absolute Gasteiger partial charge is 0.245 e. The van der Waals surface area contributed by atoms with E-state index in [1.807, 2.05) is 29.0 Å². The van der Waals surface area contributed by atoms with E-state index in [0.717, 1.165) is 24.8 Å². The van der Waals surface area contributed by atoms with Gasteiger partial charge >= 0.3 is 0 Å². The topological polar surface area (TPSA) is 80.1 Å². The number of hydrogen-bond donors (Lipinski definition) is 1. The fourth-order valence-electron chi connectivity index (χ4n) is 3.64. The third kappa shape index (κ3) is 3.73. The van der Waals surface area contributed by atoms with Crippen molar-refractivity contribution in [1.82, 2.24) is 24.2 Å². The largest absolute Gasteiger partial charge is 0.337 e. The Morgan fingerprint density at radius 1 is 1.19 bits per heavy atom. The summed E-state index contributed by atoms with van der Waals surface area (Å²) in [5.74, 6) is 0. The molecule has 1 aromatic carbocycles. The average Bonchev–Trinajstić information content (AvgIpc) is 3.21. The van der Waals surface area contributed by atoms with Gasteiger partial charge in [0.2, 0.25) is 10.0 Å². The van der Waals surface area contributed by atoms with Crippen molar-refractivity contribution in [2.75, 3.05) is 19.6 Å². The number of sulfonamides is 1. The summed E-state index contributed by atoms with van der Waals surface area (Å²) in [4.78, 5) is 8.67. The van der Waals surface area contributed by atoms with Gasteiger partial charge < -0.3 is 9.88 Å². The predicted molar refractivity (Wildman–Crippen MR) is 104 cm³/mol. The SMILES string of the molecule is O=S(=O)(c1cccc2cccnc12)N1CCNCC1CCCn1ccnc1. The first-order valence-corrected chi connectivity index (χ1v) is 10.6. The quantitative estimate of drug-likeness (QED) is 0.701. The first kappa shape index (κ1) is 18.1. The second kappa shape index (κ2) is 7.75. The minimum absolute atomic E-state index is 0.0637. The number of aromatic nitrogens is 3. The summed E-state index contributed by atoms with van der Waals surface area (Å²) >= 11 is 0. The molecule has 0 spiro atoms. The van der Waals surface area contributed by atoms with Crippen LogP contribution in [0.4, 0.5) is 0 Å². The highest BCUT2D eigenvalue weighted by molar-refractivity contribution is 7.89. The van der Waals surface area contributed by atoms with Crippen molar-refractivity contribution in [3.8, 4) is 0 Å². The molecule has 142 valence electrons. The van der Waals surface area contributed by atoms with E-state index in [1.54, 1.807) is 35.2 Å². The highest BCUT2D eigenvalue weighted by Crippen LogP contribution is 2.27. The lowest BCUT2D eigenvalue weighted by molar-refractivity contribution is 0.250. The summed E-state index contributed by atoms with van der Waals surface area (Å²) in [5, 5.41) is 4.17. The molecule has 0 bridgehead atoms. The van der Waals surface area contributed by atoms with Gasteiger partial charge in [-0.05, 0) is 25.0 Å². The monoisotopic (exact) mass is 385 g/mol. The molecule has 27 heavy (non-hydrogen) atoms. The number of fused-ring (bicyclic) bond motifs is 1. The standard InChI is InChI=1S/C19H23N5O2S/c25-27(26,18-7-1-4-16-5-2-8-22-19(16)18)24-13-10-20-14-17(24)6-3-11-23-12-9-21-15-23/h1-2,4-5,7-9,12,15,17,20H,3,6,10-11,13-14H2. The summed E-state index contributed by atoms with van der Waals surface area (Å²) in [6, 6.07) is 8.99. The van der Waals surface area contributed by atoms with Crippen molar-refractivity contribution in [2.24, 2.45) is 0 Å². The first-order chi connectivity index (χ1) is 13.2. The van der Waals surface area contributed by atoms with Gasteiger partial charge in [-0.25, -0.2) is 13.4 Å². The van der Waals surface area contributed by atoms with Gasteiger partial charge in [0, 0.05) is 56.2 Å². The fraction of sp³-hybridized carbons (Fsp3) is 0.368. The molecule has 4 rings (SSSR count). The van der Waals surface area contributed by atoms with E-state index < -0.39 is 10.0 Å². The molecule has 1 saturated heterocycles. The van der Waals surface area contributed by atoms with Gasteiger partial charge in [0.15, 0.2) is 0 Å². The fourth-order valence-corrected chi connectivity index (χ4v) is 5.47. The number of aryl methyl sites for hydroxylation is 1. The van der Waals surface area contributed by atoms with Crippen molar-refractivity contribution in [1.29, 1.82) is 0 Å². The van der Waals surface area contributed by atoms with Crippen molar-refractivity contribution in [3.05, 3.63) is 55.2 Å². The zero-order chi connectivity index (χ0) is 18.7. The zero-order valence-corrected chi connectivity index (χ0v) is 15.8. The number of imidazole rings is 1. The van der Waals surface area contributed by atoms with Gasteiger partial charge in [-0.1, -0.05) is 18.2 Å². The van der Waals surface area contributed by atoms with Crippen molar-refractivity contribution in [3.63, 3.8) is 0 Å². The molecule has 0 amide bonds. The maximum atomic E-state index is 13.4. The molecular weight excluding hydrogens is 362 g/mol. The van der Waals surface area contributed by atoms with Crippen LogP contribution < -0.4 is 5.32 Å². The van der Waals surface area contributed by atoms with Gasteiger partial charge in [-0.15, -0.1) is 0 Å². The second-order valence-electron chi connectivity index (χ2n) is 6.75. The van der Waals surface area contributed by atoms with Crippen LogP contribution in [0.5, 0.6) is 0 Å². The molecule has 1 aliphatic heterocycles. The van der Waals surface area contributed by atoms with E-state index in [2.05, 4.69) is 15.3 Å². The Morgan fingerprint density at radius 3 is 2.93 bits per heavy atom. The summed E-state index contributed by atoms with van der Waals surface area (Å²) in [5.41, 5.74) is 0.538. The van der Waals surface area contributed by atoms with E-state index in [4.69, 9.17) is 0 Å². The summed E-state index contributed by atoms with van der Waals surface area (Å²) in [6.07, 6.45) is 8.80. The minimum Gasteiger partial charge on any atom is -0.337 e. The number of nitrogens with one attached hydrogen (secondary N) is 1. The highest BCUT2D eigenvalue weighted by Gasteiger charge is 2.34. The molecule has 1 unspecified atom stereocenters. The molecule has 1 atom stereocenters. The number of hydrogen-bond acceptors (Lipinski definition) is 5. The number of benzene rings is 1. The van der Waals surface area contributed by atoms with Crippen LogP contribution in [0.25, 0.3) is 10.9 Å². The number of piperazine rings is 1. The van der Waals surface area contributed by atoms with Crippen LogP contribution in [-0.4, -0.2) is 52.9 Å². The van der Waals surface area contributed by atoms with Crippen LogP contribution >= 0.6 is 0 Å². The van der Waals surface area contributed by atoms with E-state index in [0.29, 0.717) is 30.0 Å². The van der Waals surface area contributed by atoms with E-state index in [-0.39, 0.29) is 6.04 Å². The molecule has 7 nitrogen and oxygen atoms in total. The molecule has 1 aliphatic rings. The molecular formula is C19H23N5O2S. The lowest BCUT2D eigenvalue weighted by Crippen LogP contribution is -2.53. The van der Waals surface area contributed by atoms with Crippen LogP contribution in [0.15, 0.2) is 60.1 Å². The maximum absolute atomic E-state index is 13.4. The van der Waals surface area contributed by atoms with Crippen LogP contribution in [0.1, 0.15) is 12.8 Å². The number of para-hydroxylation sites is 1. The Morgan fingerprint density at radius 2 is 2.07 bits per heavy atom. The summed E-state index contributed by atoms with van der Waals surface area (Å²) < 4.78 is 30.6. The van der Waals surface area contributed by atoms with Crippen LogP contribution in [0.3, 0.4) is 0 Å². The van der Waals surface area contributed by atoms with E-state index in [9.17, 15) is 8.42 Å². The molecule has 3 heterocycles. The Labute approximate surface area is 159 Å². The Balaban J connectivity index is 1.58. The third-order valence-electron chi connectivity index (χ3n) is 4.99. The maximum Gasteiger partial charge on any atom is 0.245 e. The molecule has 0 aliphatic carbocycles. The molecule has 0 saturated carbocycles. The number of rotatable bonds is 6. The molecule has 0 radical (unpaired) electrons. The van der Waals surface area contributed by atoms with Crippen molar-refractivity contribution >= 4 is 20.9 Å². The third-order valence-corrected chi connectivity index (χ3v) is 6.97.